The summed E-state index contributed by atoms with van der Waals surface area (Å²) in [5, 5.41) is 5.23. The number of amides is 2. The topological polar surface area (TPSA) is 62.3 Å². The lowest BCUT2D eigenvalue weighted by Gasteiger charge is -2.09. The van der Waals surface area contributed by atoms with E-state index in [9.17, 15) is 9.59 Å². The van der Waals surface area contributed by atoms with Gasteiger partial charge in [0.2, 0.25) is 11.8 Å². The molecule has 128 valence electrons. The van der Waals surface area contributed by atoms with Gasteiger partial charge in [-0.05, 0) is 11.5 Å². The Hall–Kier alpha value is -2.21. The average Bonchev–Trinajstić information content (AvgIpc) is 3.01. The van der Waals surface area contributed by atoms with Crippen molar-refractivity contribution in [2.75, 3.05) is 19.4 Å². The van der Waals surface area contributed by atoms with Gasteiger partial charge in [-0.1, -0.05) is 38.1 Å². The number of nitrogens with one attached hydrogen (secondary N) is 1. The van der Waals surface area contributed by atoms with Gasteiger partial charge in [0.05, 0.1) is 5.69 Å². The molecule has 0 radical (unpaired) electrons. The second kappa shape index (κ2) is 8.06. The van der Waals surface area contributed by atoms with Crippen molar-refractivity contribution >= 4 is 28.3 Å². The number of aromatic nitrogens is 1. The molecule has 5 nitrogen and oxygen atoms in total. The number of hydrogen-bond acceptors (Lipinski definition) is 4. The van der Waals surface area contributed by atoms with E-state index in [1.54, 1.807) is 14.1 Å². The lowest BCUT2D eigenvalue weighted by atomic mass is 10.0. The third-order valence-electron chi connectivity index (χ3n) is 3.69. The lowest BCUT2D eigenvalue weighted by Crippen LogP contribution is -2.23. The smallest absolute Gasteiger partial charge is 0.226 e. The van der Waals surface area contributed by atoms with Gasteiger partial charge in [0.1, 0.15) is 0 Å². The van der Waals surface area contributed by atoms with Crippen LogP contribution in [0, 0.1) is 0 Å². The van der Waals surface area contributed by atoms with Crippen molar-refractivity contribution in [1.29, 1.82) is 0 Å². The van der Waals surface area contributed by atoms with Gasteiger partial charge in [-0.2, -0.15) is 0 Å². The number of anilines is 1. The highest BCUT2D eigenvalue weighted by Gasteiger charge is 2.11. The van der Waals surface area contributed by atoms with E-state index < -0.39 is 0 Å². The predicted molar refractivity (Wildman–Crippen MR) is 98.2 cm³/mol. The Labute approximate surface area is 146 Å². The summed E-state index contributed by atoms with van der Waals surface area (Å²) < 4.78 is 0. The largest absolute Gasteiger partial charge is 0.349 e. The van der Waals surface area contributed by atoms with Gasteiger partial charge in [0.15, 0.2) is 5.13 Å². The molecule has 1 aromatic heterocycles. The Morgan fingerprint density at radius 3 is 2.42 bits per heavy atom. The van der Waals surface area contributed by atoms with Crippen LogP contribution in [0.1, 0.15) is 38.2 Å². The van der Waals surface area contributed by atoms with Crippen LogP contribution in [0.4, 0.5) is 5.13 Å². The quantitative estimate of drug-likeness (QED) is 0.867. The van der Waals surface area contributed by atoms with Crippen molar-refractivity contribution in [3.8, 4) is 11.3 Å². The first kappa shape index (κ1) is 18.1. The molecule has 0 bridgehead atoms. The second-order valence-electron chi connectivity index (χ2n) is 6.15. The fourth-order valence-electron chi connectivity index (χ4n) is 2.13. The minimum Gasteiger partial charge on any atom is -0.349 e. The molecule has 0 aliphatic rings. The van der Waals surface area contributed by atoms with E-state index in [1.807, 2.05) is 17.5 Å². The first-order valence-electron chi connectivity index (χ1n) is 7.92. The Balaban J connectivity index is 1.95. The molecule has 0 aliphatic heterocycles. The first-order valence-corrected chi connectivity index (χ1v) is 8.80. The van der Waals surface area contributed by atoms with Gasteiger partial charge in [-0.3, -0.25) is 9.59 Å². The summed E-state index contributed by atoms with van der Waals surface area (Å²) in [6.45, 7) is 4.32. The maximum Gasteiger partial charge on any atom is 0.226 e. The predicted octanol–water partition coefficient (Wildman–Crippen LogP) is 3.74. The molecule has 0 atom stereocenters. The highest BCUT2D eigenvalue weighted by Crippen LogP contribution is 2.26. The third-order valence-corrected chi connectivity index (χ3v) is 4.45. The molecule has 1 aromatic carbocycles. The second-order valence-corrected chi connectivity index (χ2v) is 7.01. The van der Waals surface area contributed by atoms with Crippen LogP contribution in [0.5, 0.6) is 0 Å². The number of hydrogen-bond donors (Lipinski definition) is 1. The van der Waals surface area contributed by atoms with Crippen molar-refractivity contribution in [2.45, 2.75) is 32.6 Å². The van der Waals surface area contributed by atoms with Crippen LogP contribution in [0.25, 0.3) is 11.3 Å². The zero-order valence-electron chi connectivity index (χ0n) is 14.5. The Kier molecular flexibility index (Phi) is 6.09. The minimum atomic E-state index is -0.193. The normalized spacial score (nSPS) is 10.7. The molecule has 0 saturated carbocycles. The fourth-order valence-corrected chi connectivity index (χ4v) is 2.86. The average molecular weight is 345 g/mol. The maximum absolute atomic E-state index is 11.9. The van der Waals surface area contributed by atoms with Gasteiger partial charge in [-0.25, -0.2) is 4.98 Å². The number of benzene rings is 1. The molecule has 2 aromatic rings. The van der Waals surface area contributed by atoms with Crippen molar-refractivity contribution in [3.63, 3.8) is 0 Å². The van der Waals surface area contributed by atoms with Crippen LogP contribution in [0.3, 0.4) is 0 Å². The van der Waals surface area contributed by atoms with Crippen molar-refractivity contribution < 1.29 is 9.59 Å². The van der Waals surface area contributed by atoms with Crippen LogP contribution >= 0.6 is 11.3 Å². The van der Waals surface area contributed by atoms with Crippen molar-refractivity contribution in [1.82, 2.24) is 9.88 Å². The monoisotopic (exact) mass is 345 g/mol. The summed E-state index contributed by atoms with van der Waals surface area (Å²) >= 11 is 1.39. The molecule has 2 amide bonds. The maximum atomic E-state index is 11.9. The molecule has 24 heavy (non-hydrogen) atoms. The van der Waals surface area contributed by atoms with Crippen molar-refractivity contribution in [3.05, 3.63) is 35.2 Å². The summed E-state index contributed by atoms with van der Waals surface area (Å²) in [6.07, 6.45) is 0.364. The van der Waals surface area contributed by atoms with E-state index in [0.29, 0.717) is 11.0 Å². The van der Waals surface area contributed by atoms with Gasteiger partial charge in [0, 0.05) is 37.9 Å². The van der Waals surface area contributed by atoms with E-state index >= 15 is 0 Å². The van der Waals surface area contributed by atoms with Crippen LogP contribution in [-0.2, 0) is 9.59 Å². The molecular weight excluding hydrogens is 322 g/mol. The summed E-state index contributed by atoms with van der Waals surface area (Å²) in [7, 11) is 3.36. The number of rotatable bonds is 6. The number of carbonyl (C=O) groups is 2. The first-order chi connectivity index (χ1) is 11.4. The third kappa shape index (κ3) is 4.89. The SMILES string of the molecule is CC(C)c1ccc(-c2csc(NC(=O)CCC(=O)N(C)C)n2)cc1. The fraction of sp³-hybridized carbons (Fsp3) is 0.389. The van der Waals surface area contributed by atoms with Crippen molar-refractivity contribution in [2.24, 2.45) is 0 Å². The zero-order valence-corrected chi connectivity index (χ0v) is 15.3. The van der Waals surface area contributed by atoms with E-state index in [1.165, 1.54) is 21.8 Å². The van der Waals surface area contributed by atoms with Crippen LogP contribution < -0.4 is 5.32 Å². The molecule has 0 aliphatic carbocycles. The van der Waals surface area contributed by atoms with Gasteiger partial charge < -0.3 is 10.2 Å². The standard InChI is InChI=1S/C18H23N3O2S/c1-12(2)13-5-7-14(8-6-13)15-11-24-18(19-15)20-16(22)9-10-17(23)21(3)4/h5-8,11-12H,9-10H2,1-4H3,(H,19,20,22). The zero-order chi connectivity index (χ0) is 17.7. The van der Waals surface area contributed by atoms with Gasteiger partial charge in [0.25, 0.3) is 0 Å². The van der Waals surface area contributed by atoms with E-state index in [-0.39, 0.29) is 24.7 Å². The molecule has 1 N–H and O–H groups in total. The molecule has 0 fully saturated rings. The molecule has 6 heteroatoms. The highest BCUT2D eigenvalue weighted by atomic mass is 32.1. The molecule has 0 saturated heterocycles. The molecule has 1 heterocycles. The summed E-state index contributed by atoms with van der Waals surface area (Å²) in [4.78, 5) is 29.3. The van der Waals surface area contributed by atoms with Gasteiger partial charge in [-0.15, -0.1) is 11.3 Å². The van der Waals surface area contributed by atoms with E-state index in [4.69, 9.17) is 0 Å². The lowest BCUT2D eigenvalue weighted by molar-refractivity contribution is -0.130. The minimum absolute atomic E-state index is 0.0600. The highest BCUT2D eigenvalue weighted by molar-refractivity contribution is 7.14. The summed E-state index contributed by atoms with van der Waals surface area (Å²) in [5.41, 5.74) is 3.15. The number of nitrogens with zero attached hydrogens (tertiary/aromatic N) is 2. The van der Waals surface area contributed by atoms with E-state index in [2.05, 4.69) is 36.3 Å². The molecule has 0 spiro atoms. The summed E-state index contributed by atoms with van der Waals surface area (Å²) in [5.74, 6) is 0.241. The van der Waals surface area contributed by atoms with E-state index in [0.717, 1.165) is 11.3 Å². The molecular formula is C18H23N3O2S. The van der Waals surface area contributed by atoms with Crippen LogP contribution in [0.15, 0.2) is 29.6 Å². The number of carbonyl (C=O) groups excluding carboxylic acids is 2. The number of thiazole rings is 1. The Morgan fingerprint density at radius 2 is 1.83 bits per heavy atom. The molecule has 0 unspecified atom stereocenters. The Bertz CT molecular complexity index is 705. The molecule has 2 rings (SSSR count). The van der Waals surface area contributed by atoms with Crippen LogP contribution in [-0.4, -0.2) is 35.8 Å². The van der Waals surface area contributed by atoms with Gasteiger partial charge >= 0.3 is 0 Å². The summed E-state index contributed by atoms with van der Waals surface area (Å²) in [6, 6.07) is 8.30. The van der Waals surface area contributed by atoms with Crippen LogP contribution in [0.2, 0.25) is 0 Å². The Morgan fingerprint density at radius 1 is 1.17 bits per heavy atom.